The number of nitrogens with zero attached hydrogens (tertiary/aromatic N) is 1. The van der Waals surface area contributed by atoms with E-state index in [4.69, 9.17) is 11.5 Å². The topological polar surface area (TPSA) is 127 Å². The first-order chi connectivity index (χ1) is 11.1. The number of rotatable bonds is 8. The monoisotopic (exact) mass is 321 g/mol. The first kappa shape index (κ1) is 17.5. The predicted octanol–water partition coefficient (Wildman–Crippen LogP) is 0.610. The Labute approximate surface area is 136 Å². The molecule has 7 heteroatoms. The van der Waals surface area contributed by atoms with Gasteiger partial charge in [0, 0.05) is 18.3 Å². The van der Waals surface area contributed by atoms with E-state index in [1.54, 1.807) is 6.20 Å². The van der Waals surface area contributed by atoms with Crippen LogP contribution in [0, 0.1) is 5.92 Å². The second kappa shape index (κ2) is 8.67. The van der Waals surface area contributed by atoms with Gasteiger partial charge in [-0.3, -0.25) is 9.59 Å². The van der Waals surface area contributed by atoms with Gasteiger partial charge in [0.25, 0.3) is 0 Å². The molecule has 1 fully saturated rings. The van der Waals surface area contributed by atoms with Gasteiger partial charge in [0.15, 0.2) is 0 Å². The number of aromatic amines is 1. The molecule has 0 saturated heterocycles. The maximum atomic E-state index is 12.2. The van der Waals surface area contributed by atoms with Gasteiger partial charge in [-0.15, -0.1) is 0 Å². The van der Waals surface area contributed by atoms with Crippen molar-refractivity contribution in [2.24, 2.45) is 17.4 Å². The molecule has 2 rings (SSSR count). The fraction of sp³-hybridized carbons (Fsp3) is 0.688. The smallest absolute Gasteiger partial charge is 0.240 e. The van der Waals surface area contributed by atoms with Crippen LogP contribution in [0.15, 0.2) is 12.5 Å². The summed E-state index contributed by atoms with van der Waals surface area (Å²) in [6, 6.07) is -1.37. The highest BCUT2D eigenvalue weighted by molar-refractivity contribution is 5.88. The Balaban J connectivity index is 1.80. The summed E-state index contributed by atoms with van der Waals surface area (Å²) in [7, 11) is 0. The lowest BCUT2D eigenvalue weighted by Crippen LogP contribution is -2.51. The quantitative estimate of drug-likeness (QED) is 0.559. The third-order valence-corrected chi connectivity index (χ3v) is 4.58. The van der Waals surface area contributed by atoms with E-state index < -0.39 is 18.0 Å². The summed E-state index contributed by atoms with van der Waals surface area (Å²) in [6.45, 7) is 0. The lowest BCUT2D eigenvalue weighted by Gasteiger charge is -2.24. The number of nitrogens with two attached hydrogens (primary N) is 2. The molecule has 0 radical (unpaired) electrons. The standard InChI is InChI=1S/C16H27N5O2/c17-13(8-12-9-19-10-20-12)16(23)21-14(15(18)22)7-6-11-4-2-1-3-5-11/h9-11,13-14H,1-8,17H2,(H2,18,22)(H,19,20)(H,21,23)/t13-,14-/m0/s1. The van der Waals surface area contributed by atoms with Gasteiger partial charge in [0.1, 0.15) is 6.04 Å². The van der Waals surface area contributed by atoms with Crippen LogP contribution in [0.3, 0.4) is 0 Å². The lowest BCUT2D eigenvalue weighted by atomic mass is 9.85. The maximum Gasteiger partial charge on any atom is 0.240 e. The van der Waals surface area contributed by atoms with Crippen molar-refractivity contribution in [1.29, 1.82) is 0 Å². The van der Waals surface area contributed by atoms with Gasteiger partial charge in [-0.1, -0.05) is 32.1 Å². The van der Waals surface area contributed by atoms with E-state index in [0.717, 1.165) is 12.1 Å². The number of H-pyrrole nitrogens is 1. The highest BCUT2D eigenvalue weighted by atomic mass is 16.2. The Morgan fingerprint density at radius 1 is 1.35 bits per heavy atom. The van der Waals surface area contributed by atoms with Crippen molar-refractivity contribution >= 4 is 11.8 Å². The number of carbonyl (C=O) groups excluding carboxylic acids is 2. The van der Waals surface area contributed by atoms with Crippen molar-refractivity contribution in [3.05, 3.63) is 18.2 Å². The summed E-state index contributed by atoms with van der Waals surface area (Å²) >= 11 is 0. The molecule has 0 aromatic carbocycles. The van der Waals surface area contributed by atoms with E-state index in [9.17, 15) is 9.59 Å². The number of aromatic nitrogens is 2. The molecule has 128 valence electrons. The molecule has 7 nitrogen and oxygen atoms in total. The summed E-state index contributed by atoms with van der Waals surface area (Å²) in [5.74, 6) is -0.212. The zero-order valence-electron chi connectivity index (χ0n) is 13.5. The van der Waals surface area contributed by atoms with Crippen molar-refractivity contribution in [2.45, 2.75) is 63.5 Å². The maximum absolute atomic E-state index is 12.2. The average Bonchev–Trinajstić information content (AvgIpc) is 3.04. The zero-order valence-corrected chi connectivity index (χ0v) is 13.5. The Kier molecular flexibility index (Phi) is 6.58. The van der Waals surface area contributed by atoms with Crippen LogP contribution in [-0.4, -0.2) is 33.9 Å². The zero-order chi connectivity index (χ0) is 16.7. The van der Waals surface area contributed by atoms with Crippen LogP contribution >= 0.6 is 0 Å². The second-order valence-electron chi connectivity index (χ2n) is 6.43. The minimum Gasteiger partial charge on any atom is -0.368 e. The molecule has 1 aliphatic rings. The molecule has 1 saturated carbocycles. The summed E-state index contributed by atoms with van der Waals surface area (Å²) in [6.07, 6.45) is 11.2. The SMILES string of the molecule is NC(=O)[C@H](CCC1CCCCC1)NC(=O)[C@@H](N)Cc1cnc[nH]1. The van der Waals surface area contributed by atoms with Crippen molar-refractivity contribution in [2.75, 3.05) is 0 Å². The van der Waals surface area contributed by atoms with Crippen LogP contribution in [0.1, 0.15) is 50.6 Å². The molecule has 0 spiro atoms. The minimum atomic E-state index is -0.730. The van der Waals surface area contributed by atoms with E-state index in [1.165, 1.54) is 38.4 Å². The molecule has 0 aliphatic heterocycles. The molecule has 23 heavy (non-hydrogen) atoms. The number of amides is 2. The molecule has 6 N–H and O–H groups in total. The van der Waals surface area contributed by atoms with E-state index >= 15 is 0 Å². The number of hydrogen-bond acceptors (Lipinski definition) is 4. The molecule has 1 heterocycles. The van der Waals surface area contributed by atoms with Gasteiger partial charge in [0.2, 0.25) is 11.8 Å². The molecular weight excluding hydrogens is 294 g/mol. The third-order valence-electron chi connectivity index (χ3n) is 4.58. The first-order valence-electron chi connectivity index (χ1n) is 8.38. The summed E-state index contributed by atoms with van der Waals surface area (Å²) in [5.41, 5.74) is 12.1. The summed E-state index contributed by atoms with van der Waals surface area (Å²) in [5, 5.41) is 2.70. The van der Waals surface area contributed by atoms with Gasteiger partial charge in [-0.05, 0) is 18.8 Å². The van der Waals surface area contributed by atoms with Crippen molar-refractivity contribution in [3.63, 3.8) is 0 Å². The van der Waals surface area contributed by atoms with Crippen molar-refractivity contribution < 1.29 is 9.59 Å². The number of carbonyl (C=O) groups is 2. The molecular formula is C16H27N5O2. The largest absolute Gasteiger partial charge is 0.368 e. The Morgan fingerprint density at radius 2 is 2.09 bits per heavy atom. The van der Waals surface area contributed by atoms with Crippen LogP contribution in [-0.2, 0) is 16.0 Å². The number of nitrogens with one attached hydrogen (secondary N) is 2. The number of hydrogen-bond donors (Lipinski definition) is 4. The minimum absolute atomic E-state index is 0.347. The summed E-state index contributed by atoms with van der Waals surface area (Å²) in [4.78, 5) is 30.5. The number of primary amides is 1. The van der Waals surface area contributed by atoms with E-state index in [-0.39, 0.29) is 5.91 Å². The van der Waals surface area contributed by atoms with E-state index in [0.29, 0.717) is 18.8 Å². The molecule has 1 aromatic rings. The van der Waals surface area contributed by atoms with Gasteiger partial charge in [0.05, 0.1) is 12.4 Å². The van der Waals surface area contributed by atoms with E-state index in [2.05, 4.69) is 15.3 Å². The molecule has 1 aliphatic carbocycles. The number of imidazole rings is 1. The van der Waals surface area contributed by atoms with Crippen LogP contribution in [0.25, 0.3) is 0 Å². The van der Waals surface area contributed by atoms with Crippen LogP contribution in [0.2, 0.25) is 0 Å². The van der Waals surface area contributed by atoms with Gasteiger partial charge in [-0.25, -0.2) is 4.98 Å². The van der Waals surface area contributed by atoms with Gasteiger partial charge >= 0.3 is 0 Å². The van der Waals surface area contributed by atoms with Crippen LogP contribution < -0.4 is 16.8 Å². The highest BCUT2D eigenvalue weighted by Gasteiger charge is 2.24. The molecule has 0 unspecified atom stereocenters. The first-order valence-corrected chi connectivity index (χ1v) is 8.38. The lowest BCUT2D eigenvalue weighted by molar-refractivity contribution is -0.128. The normalized spacial score (nSPS) is 18.3. The van der Waals surface area contributed by atoms with Gasteiger partial charge < -0.3 is 21.8 Å². The highest BCUT2D eigenvalue weighted by Crippen LogP contribution is 2.27. The van der Waals surface area contributed by atoms with E-state index in [1.807, 2.05) is 0 Å². The predicted molar refractivity (Wildman–Crippen MR) is 87.2 cm³/mol. The molecule has 1 aromatic heterocycles. The fourth-order valence-electron chi connectivity index (χ4n) is 3.17. The fourth-order valence-corrected chi connectivity index (χ4v) is 3.17. The Bertz CT molecular complexity index is 497. The molecule has 0 bridgehead atoms. The van der Waals surface area contributed by atoms with Crippen molar-refractivity contribution in [3.8, 4) is 0 Å². The van der Waals surface area contributed by atoms with Crippen molar-refractivity contribution in [1.82, 2.24) is 15.3 Å². The Morgan fingerprint density at radius 3 is 2.70 bits per heavy atom. The van der Waals surface area contributed by atoms with Gasteiger partial charge in [-0.2, -0.15) is 0 Å². The Hall–Kier alpha value is -1.89. The average molecular weight is 321 g/mol. The third kappa shape index (κ3) is 5.67. The van der Waals surface area contributed by atoms with Crippen LogP contribution in [0.5, 0.6) is 0 Å². The summed E-state index contributed by atoms with van der Waals surface area (Å²) < 4.78 is 0. The van der Waals surface area contributed by atoms with Crippen LogP contribution in [0.4, 0.5) is 0 Å². The second-order valence-corrected chi connectivity index (χ2v) is 6.43. The molecule has 2 amide bonds. The molecule has 2 atom stereocenters.